The van der Waals surface area contributed by atoms with Crippen LogP contribution in [0.1, 0.15) is 11.1 Å². The molecule has 0 aromatic heterocycles. The van der Waals surface area contributed by atoms with Crippen molar-refractivity contribution in [1.82, 2.24) is 4.90 Å². The molecule has 1 aliphatic heterocycles. The summed E-state index contributed by atoms with van der Waals surface area (Å²) in [4.78, 5) is 15.6. The number of hydrogen-bond acceptors (Lipinski definition) is 2. The summed E-state index contributed by atoms with van der Waals surface area (Å²) in [5.74, 6) is 0.199. The predicted molar refractivity (Wildman–Crippen MR) is 65.8 cm³/mol. The molecule has 2 rings (SSSR count). The van der Waals surface area contributed by atoms with Gasteiger partial charge in [0.2, 0.25) is 5.91 Å². The number of aryl methyl sites for hydroxylation is 2. The minimum Gasteiger partial charge on any atom is -0.360 e. The van der Waals surface area contributed by atoms with Crippen molar-refractivity contribution in [2.75, 3.05) is 31.6 Å². The number of rotatable bonds is 1. The van der Waals surface area contributed by atoms with E-state index in [0.717, 1.165) is 13.1 Å². The summed E-state index contributed by atoms with van der Waals surface area (Å²) in [6.07, 6.45) is 0. The molecule has 0 aliphatic carbocycles. The number of benzene rings is 1. The summed E-state index contributed by atoms with van der Waals surface area (Å²) in [5.41, 5.74) is 3.67. The van der Waals surface area contributed by atoms with Gasteiger partial charge in [0.05, 0.1) is 6.54 Å². The van der Waals surface area contributed by atoms with E-state index < -0.39 is 0 Å². The van der Waals surface area contributed by atoms with E-state index in [4.69, 9.17) is 0 Å². The Kier molecular flexibility index (Phi) is 2.86. The molecule has 1 aromatic rings. The quantitative estimate of drug-likeness (QED) is 0.714. The van der Waals surface area contributed by atoms with Gasteiger partial charge in [-0.25, -0.2) is 0 Å². The second kappa shape index (κ2) is 4.16. The van der Waals surface area contributed by atoms with Crippen molar-refractivity contribution >= 4 is 11.6 Å². The average molecular weight is 218 g/mol. The number of anilines is 1. The number of hydrogen-bond donors (Lipinski definition) is 0. The van der Waals surface area contributed by atoms with E-state index in [1.165, 1.54) is 16.8 Å². The molecule has 0 atom stereocenters. The lowest BCUT2D eigenvalue weighted by Crippen LogP contribution is -2.48. The van der Waals surface area contributed by atoms with Crippen LogP contribution in [0.15, 0.2) is 18.2 Å². The Hall–Kier alpha value is -1.51. The van der Waals surface area contributed by atoms with E-state index in [1.807, 2.05) is 7.05 Å². The highest BCUT2D eigenvalue weighted by molar-refractivity contribution is 5.82. The maximum absolute atomic E-state index is 11.6. The molecule has 0 saturated carbocycles. The van der Waals surface area contributed by atoms with Crippen molar-refractivity contribution in [3.8, 4) is 0 Å². The van der Waals surface area contributed by atoms with Crippen LogP contribution in [0.2, 0.25) is 0 Å². The van der Waals surface area contributed by atoms with Gasteiger partial charge < -0.3 is 9.80 Å². The molecule has 1 heterocycles. The summed E-state index contributed by atoms with van der Waals surface area (Å²) < 4.78 is 0. The molecule has 0 radical (unpaired) electrons. The highest BCUT2D eigenvalue weighted by atomic mass is 16.2. The molecule has 1 fully saturated rings. The molecule has 0 bridgehead atoms. The lowest BCUT2D eigenvalue weighted by molar-refractivity contribution is -0.129. The molecule has 1 aliphatic rings. The second-order valence-corrected chi connectivity index (χ2v) is 4.58. The van der Waals surface area contributed by atoms with Crippen LogP contribution < -0.4 is 4.90 Å². The molecule has 3 heteroatoms. The van der Waals surface area contributed by atoms with Crippen LogP contribution in [-0.2, 0) is 4.79 Å². The zero-order valence-corrected chi connectivity index (χ0v) is 10.2. The van der Waals surface area contributed by atoms with Gasteiger partial charge in [0.1, 0.15) is 0 Å². The maximum Gasteiger partial charge on any atom is 0.241 e. The van der Waals surface area contributed by atoms with E-state index in [2.05, 4.69) is 36.9 Å². The van der Waals surface area contributed by atoms with Gasteiger partial charge in [-0.15, -0.1) is 0 Å². The fraction of sp³-hybridized carbons (Fsp3) is 0.462. The van der Waals surface area contributed by atoms with Crippen molar-refractivity contribution in [2.24, 2.45) is 0 Å². The van der Waals surface area contributed by atoms with Crippen LogP contribution in [0.5, 0.6) is 0 Å². The Labute approximate surface area is 96.7 Å². The third-order valence-corrected chi connectivity index (χ3v) is 3.03. The number of nitrogens with zero attached hydrogens (tertiary/aromatic N) is 2. The van der Waals surface area contributed by atoms with Gasteiger partial charge in [-0.3, -0.25) is 4.79 Å². The third-order valence-electron chi connectivity index (χ3n) is 3.03. The molecule has 1 saturated heterocycles. The second-order valence-electron chi connectivity index (χ2n) is 4.58. The van der Waals surface area contributed by atoms with Crippen LogP contribution in [0.25, 0.3) is 0 Å². The molecule has 1 amide bonds. The van der Waals surface area contributed by atoms with Gasteiger partial charge in [0.25, 0.3) is 0 Å². The number of carbonyl (C=O) groups is 1. The van der Waals surface area contributed by atoms with Gasteiger partial charge in [-0.2, -0.15) is 0 Å². The first-order valence-corrected chi connectivity index (χ1v) is 5.63. The Morgan fingerprint density at radius 2 is 1.69 bits per heavy atom. The molecule has 0 N–H and O–H groups in total. The lowest BCUT2D eigenvalue weighted by Gasteiger charge is -2.33. The first kappa shape index (κ1) is 11.0. The topological polar surface area (TPSA) is 23.6 Å². The van der Waals surface area contributed by atoms with Crippen molar-refractivity contribution in [1.29, 1.82) is 0 Å². The number of amides is 1. The Morgan fingerprint density at radius 1 is 1.06 bits per heavy atom. The molecular formula is C13H18N2O. The van der Waals surface area contributed by atoms with Gasteiger partial charge in [0.15, 0.2) is 0 Å². The van der Waals surface area contributed by atoms with Gasteiger partial charge in [-0.05, 0) is 37.1 Å². The van der Waals surface area contributed by atoms with Gasteiger partial charge in [-0.1, -0.05) is 6.07 Å². The molecule has 0 unspecified atom stereocenters. The monoisotopic (exact) mass is 218 g/mol. The van der Waals surface area contributed by atoms with Gasteiger partial charge in [0, 0.05) is 25.8 Å². The molecule has 16 heavy (non-hydrogen) atoms. The van der Waals surface area contributed by atoms with E-state index in [1.54, 1.807) is 4.90 Å². The normalized spacial score (nSPS) is 16.8. The summed E-state index contributed by atoms with van der Waals surface area (Å²) >= 11 is 0. The Balaban J connectivity index is 2.21. The first-order valence-electron chi connectivity index (χ1n) is 5.63. The zero-order valence-electron chi connectivity index (χ0n) is 10.2. The number of likely N-dealkylation sites (N-methyl/N-ethyl adjacent to an activating group) is 1. The third kappa shape index (κ3) is 2.18. The van der Waals surface area contributed by atoms with E-state index in [-0.39, 0.29) is 5.91 Å². The van der Waals surface area contributed by atoms with Crippen LogP contribution in [0.3, 0.4) is 0 Å². The average Bonchev–Trinajstić information content (AvgIpc) is 2.20. The SMILES string of the molecule is Cc1cc(C)cc(N2CCN(C)C(=O)C2)c1. The first-order chi connectivity index (χ1) is 7.56. The van der Waals surface area contributed by atoms with Crippen LogP contribution in [0, 0.1) is 13.8 Å². The predicted octanol–water partition coefficient (Wildman–Crippen LogP) is 1.58. The van der Waals surface area contributed by atoms with Crippen LogP contribution >= 0.6 is 0 Å². The van der Waals surface area contributed by atoms with Gasteiger partial charge >= 0.3 is 0 Å². The van der Waals surface area contributed by atoms with Crippen LogP contribution in [0.4, 0.5) is 5.69 Å². The Morgan fingerprint density at radius 3 is 2.25 bits per heavy atom. The summed E-state index contributed by atoms with van der Waals surface area (Å²) in [6.45, 7) is 6.42. The number of piperazine rings is 1. The Bertz CT molecular complexity index is 394. The van der Waals surface area contributed by atoms with Crippen molar-refractivity contribution in [2.45, 2.75) is 13.8 Å². The molecular weight excluding hydrogens is 200 g/mol. The minimum atomic E-state index is 0.199. The fourth-order valence-electron chi connectivity index (χ4n) is 2.11. The summed E-state index contributed by atoms with van der Waals surface area (Å²) in [6, 6.07) is 6.44. The molecule has 86 valence electrons. The molecule has 3 nitrogen and oxygen atoms in total. The minimum absolute atomic E-state index is 0.199. The smallest absolute Gasteiger partial charge is 0.241 e. The van der Waals surface area contributed by atoms with E-state index >= 15 is 0 Å². The summed E-state index contributed by atoms with van der Waals surface area (Å²) in [5, 5.41) is 0. The highest BCUT2D eigenvalue weighted by Gasteiger charge is 2.21. The molecule has 0 spiro atoms. The van der Waals surface area contributed by atoms with Crippen LogP contribution in [-0.4, -0.2) is 37.5 Å². The zero-order chi connectivity index (χ0) is 11.7. The lowest BCUT2D eigenvalue weighted by atomic mass is 10.1. The maximum atomic E-state index is 11.6. The summed E-state index contributed by atoms with van der Waals surface area (Å²) in [7, 11) is 1.86. The number of carbonyl (C=O) groups excluding carboxylic acids is 1. The van der Waals surface area contributed by atoms with Crippen molar-refractivity contribution < 1.29 is 4.79 Å². The molecule has 1 aromatic carbocycles. The van der Waals surface area contributed by atoms with Crippen molar-refractivity contribution in [3.05, 3.63) is 29.3 Å². The van der Waals surface area contributed by atoms with E-state index in [0.29, 0.717) is 6.54 Å². The largest absolute Gasteiger partial charge is 0.360 e. The standard InChI is InChI=1S/C13H18N2O/c1-10-6-11(2)8-12(7-10)15-5-4-14(3)13(16)9-15/h6-8H,4-5,9H2,1-3H3. The highest BCUT2D eigenvalue weighted by Crippen LogP contribution is 2.20. The van der Waals surface area contributed by atoms with Crippen molar-refractivity contribution in [3.63, 3.8) is 0 Å². The van der Waals surface area contributed by atoms with E-state index in [9.17, 15) is 4.79 Å². The fourth-order valence-corrected chi connectivity index (χ4v) is 2.11.